The van der Waals surface area contributed by atoms with Crippen molar-refractivity contribution in [3.8, 4) is 11.8 Å². The van der Waals surface area contributed by atoms with Crippen LogP contribution in [0.5, 0.6) is 5.75 Å². The van der Waals surface area contributed by atoms with Gasteiger partial charge in [0.25, 0.3) is 5.91 Å². The number of esters is 1. The van der Waals surface area contributed by atoms with Crippen LogP contribution < -0.4 is 10.1 Å². The molecule has 0 aliphatic heterocycles. The molecule has 0 aliphatic carbocycles. The summed E-state index contributed by atoms with van der Waals surface area (Å²) in [5, 5.41) is 11.3. The number of hydrogen-bond acceptors (Lipinski definition) is 6. The largest absolute Gasteiger partial charge is 0.497 e. The number of amides is 1. The highest BCUT2D eigenvalue weighted by molar-refractivity contribution is 8.00. The van der Waals surface area contributed by atoms with Crippen molar-refractivity contribution in [1.29, 1.82) is 5.26 Å². The van der Waals surface area contributed by atoms with Crippen LogP contribution in [0, 0.1) is 11.3 Å². The number of nitrogens with zero attached hydrogens (tertiary/aromatic N) is 1. The lowest BCUT2D eigenvalue weighted by molar-refractivity contribution is -0.144. The zero-order valence-electron chi connectivity index (χ0n) is 14.2. The summed E-state index contributed by atoms with van der Waals surface area (Å²) in [6, 6.07) is 16.3. The maximum atomic E-state index is 11.8. The third-order valence-electron chi connectivity index (χ3n) is 3.30. The van der Waals surface area contributed by atoms with E-state index >= 15 is 0 Å². The van der Waals surface area contributed by atoms with Crippen LogP contribution in [-0.4, -0.2) is 31.3 Å². The molecular formula is C19H18N2O4S. The van der Waals surface area contributed by atoms with Crippen molar-refractivity contribution < 1.29 is 19.1 Å². The van der Waals surface area contributed by atoms with Gasteiger partial charge in [0, 0.05) is 10.6 Å². The highest BCUT2D eigenvalue weighted by Gasteiger charge is 2.09. The van der Waals surface area contributed by atoms with Gasteiger partial charge < -0.3 is 14.8 Å². The van der Waals surface area contributed by atoms with Gasteiger partial charge in [-0.2, -0.15) is 5.26 Å². The third kappa shape index (κ3) is 6.49. The van der Waals surface area contributed by atoms with E-state index in [9.17, 15) is 9.59 Å². The number of thioether (sulfide) groups is 1. The molecule has 2 aromatic rings. The molecule has 0 unspecified atom stereocenters. The van der Waals surface area contributed by atoms with E-state index in [0.717, 1.165) is 16.2 Å². The molecule has 0 atom stereocenters. The predicted octanol–water partition coefficient (Wildman–Crippen LogP) is 3.04. The number of carbonyl (C=O) groups is 2. The number of nitrogens with one attached hydrogen (secondary N) is 1. The zero-order chi connectivity index (χ0) is 18.8. The Labute approximate surface area is 156 Å². The van der Waals surface area contributed by atoms with E-state index in [0.29, 0.717) is 12.1 Å². The second kappa shape index (κ2) is 10.1. The Morgan fingerprint density at radius 2 is 1.81 bits per heavy atom. The predicted molar refractivity (Wildman–Crippen MR) is 99.1 cm³/mol. The fraction of sp³-hybridized carbons (Fsp3) is 0.211. The Morgan fingerprint density at radius 3 is 2.42 bits per heavy atom. The summed E-state index contributed by atoms with van der Waals surface area (Å²) in [4.78, 5) is 24.5. The van der Waals surface area contributed by atoms with Gasteiger partial charge in [0.15, 0.2) is 6.61 Å². The molecule has 0 aliphatic rings. The zero-order valence-corrected chi connectivity index (χ0v) is 15.0. The van der Waals surface area contributed by atoms with Crippen molar-refractivity contribution in [1.82, 2.24) is 0 Å². The number of methoxy groups -OCH3 is 1. The van der Waals surface area contributed by atoms with Crippen LogP contribution in [-0.2, 0) is 20.7 Å². The lowest BCUT2D eigenvalue weighted by atomic mass is 10.1. The van der Waals surface area contributed by atoms with Gasteiger partial charge in [-0.1, -0.05) is 12.1 Å². The topological polar surface area (TPSA) is 88.4 Å². The van der Waals surface area contributed by atoms with Crippen molar-refractivity contribution in [3.05, 3.63) is 54.1 Å². The Balaban J connectivity index is 1.70. The SMILES string of the molecule is COc1ccc(SCC(=O)OCC(=O)Nc2ccc(CC#N)cc2)cc1. The van der Waals surface area contributed by atoms with Gasteiger partial charge in [0.1, 0.15) is 5.75 Å². The lowest BCUT2D eigenvalue weighted by Gasteiger charge is -2.07. The maximum Gasteiger partial charge on any atom is 0.316 e. The molecule has 1 N–H and O–H groups in total. The summed E-state index contributed by atoms with van der Waals surface area (Å²) >= 11 is 1.32. The molecule has 0 fully saturated rings. The molecule has 0 spiro atoms. The first-order chi connectivity index (χ1) is 12.6. The second-order valence-corrected chi connectivity index (χ2v) is 6.25. The molecule has 6 nitrogen and oxygen atoms in total. The molecule has 0 bridgehead atoms. The monoisotopic (exact) mass is 370 g/mol. The van der Waals surface area contributed by atoms with Crippen molar-refractivity contribution in [2.45, 2.75) is 11.3 Å². The van der Waals surface area contributed by atoms with E-state index in [2.05, 4.69) is 11.4 Å². The van der Waals surface area contributed by atoms with E-state index in [1.54, 1.807) is 31.4 Å². The summed E-state index contributed by atoms with van der Waals surface area (Å²) < 4.78 is 10.0. The van der Waals surface area contributed by atoms with Crippen LogP contribution in [0.1, 0.15) is 5.56 Å². The molecule has 0 saturated carbocycles. The third-order valence-corrected chi connectivity index (χ3v) is 4.29. The quantitative estimate of drug-likeness (QED) is 0.568. The first kappa shape index (κ1) is 19.3. The molecule has 0 heterocycles. The molecule has 2 aromatic carbocycles. The number of ether oxygens (including phenoxy) is 2. The van der Waals surface area contributed by atoms with Crippen LogP contribution in [0.3, 0.4) is 0 Å². The fourth-order valence-corrected chi connectivity index (χ4v) is 2.69. The molecular weight excluding hydrogens is 352 g/mol. The van der Waals surface area contributed by atoms with Gasteiger partial charge in [0.2, 0.25) is 0 Å². The minimum absolute atomic E-state index is 0.114. The number of benzene rings is 2. The molecule has 2 rings (SSSR count). The molecule has 1 amide bonds. The Bertz CT molecular complexity index is 783. The van der Waals surface area contributed by atoms with E-state index in [4.69, 9.17) is 14.7 Å². The van der Waals surface area contributed by atoms with Gasteiger partial charge in [-0.25, -0.2) is 0 Å². The average molecular weight is 370 g/mol. The summed E-state index contributed by atoms with van der Waals surface area (Å²) in [5.74, 6) is -0.0249. The summed E-state index contributed by atoms with van der Waals surface area (Å²) in [5.41, 5.74) is 1.45. The van der Waals surface area contributed by atoms with Crippen LogP contribution in [0.15, 0.2) is 53.4 Å². The lowest BCUT2D eigenvalue weighted by Crippen LogP contribution is -2.21. The van der Waals surface area contributed by atoms with Gasteiger partial charge in [-0.05, 0) is 42.0 Å². The van der Waals surface area contributed by atoms with E-state index in [1.807, 2.05) is 24.3 Å². The minimum atomic E-state index is -0.467. The molecule has 7 heteroatoms. The highest BCUT2D eigenvalue weighted by atomic mass is 32.2. The summed E-state index contributed by atoms with van der Waals surface area (Å²) in [6.07, 6.45) is 0.317. The number of rotatable bonds is 8. The Morgan fingerprint density at radius 1 is 1.12 bits per heavy atom. The van der Waals surface area contributed by atoms with Crippen LogP contribution in [0.25, 0.3) is 0 Å². The van der Waals surface area contributed by atoms with Crippen LogP contribution in [0.2, 0.25) is 0 Å². The minimum Gasteiger partial charge on any atom is -0.497 e. The molecule has 0 saturated heterocycles. The number of nitriles is 1. The summed E-state index contributed by atoms with van der Waals surface area (Å²) in [7, 11) is 1.59. The molecule has 0 radical (unpaired) electrons. The second-order valence-electron chi connectivity index (χ2n) is 5.20. The van der Waals surface area contributed by atoms with Crippen molar-refractivity contribution >= 4 is 29.3 Å². The Kier molecular flexibility index (Phi) is 7.52. The Hall–Kier alpha value is -2.98. The smallest absolute Gasteiger partial charge is 0.316 e. The number of anilines is 1. The van der Waals surface area contributed by atoms with Gasteiger partial charge >= 0.3 is 5.97 Å². The normalized spacial score (nSPS) is 9.85. The number of hydrogen-bond donors (Lipinski definition) is 1. The first-order valence-corrected chi connectivity index (χ1v) is 8.77. The standard InChI is InChI=1S/C19H18N2O4S/c1-24-16-6-8-17(9-7-16)26-13-19(23)25-12-18(22)21-15-4-2-14(3-5-15)10-11-20/h2-9H,10,12-13H2,1H3,(H,21,22). The fourth-order valence-electron chi connectivity index (χ4n) is 2.00. The van der Waals surface area contributed by atoms with Crippen LogP contribution in [0.4, 0.5) is 5.69 Å². The molecule has 26 heavy (non-hydrogen) atoms. The van der Waals surface area contributed by atoms with Gasteiger partial charge in [0.05, 0.1) is 25.4 Å². The highest BCUT2D eigenvalue weighted by Crippen LogP contribution is 2.21. The van der Waals surface area contributed by atoms with Crippen molar-refractivity contribution in [2.24, 2.45) is 0 Å². The van der Waals surface area contributed by atoms with Crippen molar-refractivity contribution in [2.75, 3.05) is 24.8 Å². The summed E-state index contributed by atoms with van der Waals surface area (Å²) in [6.45, 7) is -0.345. The molecule has 0 aromatic heterocycles. The van der Waals surface area contributed by atoms with E-state index in [-0.39, 0.29) is 12.4 Å². The van der Waals surface area contributed by atoms with Gasteiger partial charge in [-0.3, -0.25) is 9.59 Å². The van der Waals surface area contributed by atoms with Crippen molar-refractivity contribution in [3.63, 3.8) is 0 Å². The number of carbonyl (C=O) groups excluding carboxylic acids is 2. The van der Waals surface area contributed by atoms with Crippen LogP contribution >= 0.6 is 11.8 Å². The van der Waals surface area contributed by atoms with E-state index < -0.39 is 11.9 Å². The van der Waals surface area contributed by atoms with Gasteiger partial charge in [-0.15, -0.1) is 11.8 Å². The maximum absolute atomic E-state index is 11.8. The first-order valence-electron chi connectivity index (χ1n) is 7.79. The molecule has 134 valence electrons. The average Bonchev–Trinajstić information content (AvgIpc) is 2.67. The van der Waals surface area contributed by atoms with E-state index in [1.165, 1.54) is 11.8 Å².